The predicted molar refractivity (Wildman–Crippen MR) is 72.7 cm³/mol. The molecule has 0 saturated heterocycles. The molecule has 1 aliphatic heterocycles. The van der Waals surface area contributed by atoms with Crippen LogP contribution in [0.5, 0.6) is 0 Å². The Morgan fingerprint density at radius 1 is 1.06 bits per heavy atom. The first kappa shape index (κ1) is 14.7. The Morgan fingerprint density at radius 2 is 1.72 bits per heavy atom. The Morgan fingerprint density at radius 3 is 1.94 bits per heavy atom. The van der Waals surface area contributed by atoms with Gasteiger partial charge in [0.25, 0.3) is 0 Å². The second-order valence-electron chi connectivity index (χ2n) is 6.51. The van der Waals surface area contributed by atoms with Gasteiger partial charge in [0.05, 0.1) is 11.4 Å². The summed E-state index contributed by atoms with van der Waals surface area (Å²) in [6, 6.07) is 1.89. The van der Waals surface area contributed by atoms with Crippen molar-refractivity contribution in [3.63, 3.8) is 0 Å². The summed E-state index contributed by atoms with van der Waals surface area (Å²) in [6.07, 6.45) is 2.60. The van der Waals surface area contributed by atoms with E-state index in [0.29, 0.717) is 0 Å². The number of rotatable bonds is 0. The van der Waals surface area contributed by atoms with Crippen molar-refractivity contribution in [3.05, 3.63) is 18.0 Å². The van der Waals surface area contributed by atoms with Gasteiger partial charge in [-0.2, -0.15) is 0 Å². The van der Waals surface area contributed by atoms with Crippen molar-refractivity contribution < 1.29 is 9.36 Å². The van der Waals surface area contributed by atoms with Gasteiger partial charge in [-0.05, 0) is 0 Å². The summed E-state index contributed by atoms with van der Waals surface area (Å²) in [5.41, 5.74) is 2.51. The Hall–Kier alpha value is -1.32. The number of hydrogen-bond donors (Lipinski definition) is 0. The molecule has 1 aromatic heterocycles. The molecular formula is C14H24N2O2. The van der Waals surface area contributed by atoms with Gasteiger partial charge in [-0.25, -0.2) is 0 Å². The van der Waals surface area contributed by atoms with Gasteiger partial charge in [-0.15, -0.1) is 0 Å². The van der Waals surface area contributed by atoms with Crippen LogP contribution in [0.4, 0.5) is 0 Å². The third-order valence-corrected chi connectivity index (χ3v) is 2.68. The molecule has 1 aliphatic rings. The summed E-state index contributed by atoms with van der Waals surface area (Å²) >= 11 is 0. The van der Waals surface area contributed by atoms with Gasteiger partial charge in [0.2, 0.25) is 0 Å². The van der Waals surface area contributed by atoms with E-state index in [1.165, 1.54) is 5.71 Å². The van der Waals surface area contributed by atoms with Crippen LogP contribution in [-0.4, -0.2) is 17.5 Å². The lowest BCUT2D eigenvalue weighted by atomic mass is 9.89. The van der Waals surface area contributed by atoms with Crippen molar-refractivity contribution in [2.24, 2.45) is 10.6 Å². The van der Waals surface area contributed by atoms with Gasteiger partial charge < -0.3 is 9.36 Å². The largest absolute Gasteiger partial charge is 0.395 e. The maximum absolute atomic E-state index is 4.87. The monoisotopic (exact) mass is 252 g/mol. The zero-order chi connectivity index (χ0) is 13.8. The number of nitrogens with zero attached hydrogens (tertiary/aromatic N) is 2. The molecule has 0 bridgehead atoms. The Bertz CT molecular complexity index is 381. The molecule has 0 amide bonds. The Kier molecular flexibility index (Phi) is 4.54. The normalized spacial score (nSPS) is 15.6. The van der Waals surface area contributed by atoms with Gasteiger partial charge in [0.1, 0.15) is 12.9 Å². The summed E-state index contributed by atoms with van der Waals surface area (Å²) < 4.78 is 4.69. The van der Waals surface area contributed by atoms with Crippen LogP contribution in [0.15, 0.2) is 22.0 Å². The van der Waals surface area contributed by atoms with Gasteiger partial charge in [0.15, 0.2) is 0 Å². The van der Waals surface area contributed by atoms with Crippen LogP contribution in [0.2, 0.25) is 0 Å². The third kappa shape index (κ3) is 4.51. The maximum Gasteiger partial charge on any atom is 0.124 e. The first-order valence-electron chi connectivity index (χ1n) is 6.31. The minimum absolute atomic E-state index is 0.118. The van der Waals surface area contributed by atoms with E-state index in [0.717, 1.165) is 18.7 Å². The molecule has 0 unspecified atom stereocenters. The molecule has 0 aliphatic carbocycles. The fourth-order valence-electron chi connectivity index (χ4n) is 1.42. The molecule has 2 rings (SSSR count). The molecule has 0 aromatic carbocycles. The molecule has 0 radical (unpaired) electrons. The van der Waals surface area contributed by atoms with Crippen molar-refractivity contribution >= 4 is 5.71 Å². The zero-order valence-electron chi connectivity index (χ0n) is 12.3. The van der Waals surface area contributed by atoms with Crippen molar-refractivity contribution in [2.75, 3.05) is 6.61 Å². The van der Waals surface area contributed by atoms with E-state index in [1.54, 1.807) is 6.26 Å². The van der Waals surface area contributed by atoms with Crippen molar-refractivity contribution in [1.82, 2.24) is 5.16 Å². The van der Waals surface area contributed by atoms with Gasteiger partial charge in [-0.1, -0.05) is 51.9 Å². The highest BCUT2D eigenvalue weighted by atomic mass is 16.6. The molecule has 0 fully saturated rings. The first-order chi connectivity index (χ1) is 8.21. The first-order valence-corrected chi connectivity index (χ1v) is 6.31. The van der Waals surface area contributed by atoms with E-state index in [1.807, 2.05) is 6.07 Å². The third-order valence-electron chi connectivity index (χ3n) is 2.68. The van der Waals surface area contributed by atoms with Crippen molar-refractivity contribution in [2.45, 2.75) is 53.4 Å². The molecule has 18 heavy (non-hydrogen) atoms. The molecule has 0 atom stereocenters. The second kappa shape index (κ2) is 5.55. The van der Waals surface area contributed by atoms with Gasteiger partial charge in [0, 0.05) is 23.3 Å². The van der Waals surface area contributed by atoms with E-state index in [-0.39, 0.29) is 10.8 Å². The summed E-state index contributed by atoms with van der Waals surface area (Å²) in [5, 5.41) is 7.74. The van der Waals surface area contributed by atoms with Crippen LogP contribution in [0, 0.1) is 5.41 Å². The standard InChI is InChI=1S/C7H13NO.C7H11NO/c2*1-7(2,3)6-4-5-9-8-6/h4-5H2,1-3H3;4-5H,1-3H3. The molecular weight excluding hydrogens is 228 g/mol. The van der Waals surface area contributed by atoms with Crippen LogP contribution < -0.4 is 0 Å². The lowest BCUT2D eigenvalue weighted by molar-refractivity contribution is 0.173. The summed E-state index contributed by atoms with van der Waals surface area (Å²) in [6.45, 7) is 13.5. The van der Waals surface area contributed by atoms with E-state index in [2.05, 4.69) is 51.9 Å². The van der Waals surface area contributed by atoms with Crippen LogP contribution in [0.3, 0.4) is 0 Å². The molecule has 0 saturated carbocycles. The smallest absolute Gasteiger partial charge is 0.124 e. The summed E-state index contributed by atoms with van der Waals surface area (Å²) in [7, 11) is 0. The van der Waals surface area contributed by atoms with Crippen LogP contribution in [0.25, 0.3) is 0 Å². The van der Waals surface area contributed by atoms with Crippen LogP contribution >= 0.6 is 0 Å². The SMILES string of the molecule is CC(C)(C)C1=NOCC1.CC(C)(C)c1ccon1. The summed E-state index contributed by atoms with van der Waals surface area (Å²) in [4.78, 5) is 4.87. The van der Waals surface area contributed by atoms with Crippen molar-refractivity contribution in [1.29, 1.82) is 0 Å². The van der Waals surface area contributed by atoms with Gasteiger partial charge in [-0.3, -0.25) is 0 Å². The minimum atomic E-state index is 0.118. The van der Waals surface area contributed by atoms with Crippen LogP contribution in [-0.2, 0) is 10.3 Å². The highest BCUT2D eigenvalue weighted by molar-refractivity contribution is 5.89. The predicted octanol–water partition coefficient (Wildman–Crippen LogP) is 3.78. The van der Waals surface area contributed by atoms with Crippen molar-refractivity contribution in [3.8, 4) is 0 Å². The lowest BCUT2D eigenvalue weighted by Gasteiger charge is -2.15. The molecule has 2 heterocycles. The average Bonchev–Trinajstić information content (AvgIpc) is 2.91. The minimum Gasteiger partial charge on any atom is -0.395 e. The molecule has 0 N–H and O–H groups in total. The second-order valence-corrected chi connectivity index (χ2v) is 6.51. The lowest BCUT2D eigenvalue weighted by Crippen LogP contribution is -2.17. The van der Waals surface area contributed by atoms with E-state index in [9.17, 15) is 0 Å². The number of aromatic nitrogens is 1. The molecule has 0 spiro atoms. The number of oxime groups is 1. The molecule has 1 aromatic rings. The molecule has 4 heteroatoms. The quantitative estimate of drug-likeness (QED) is 0.706. The fraction of sp³-hybridized carbons (Fsp3) is 0.714. The zero-order valence-corrected chi connectivity index (χ0v) is 12.3. The summed E-state index contributed by atoms with van der Waals surface area (Å²) in [5.74, 6) is 0. The Balaban J connectivity index is 0.000000180. The van der Waals surface area contributed by atoms with E-state index >= 15 is 0 Å². The molecule has 102 valence electrons. The van der Waals surface area contributed by atoms with E-state index < -0.39 is 0 Å². The molecule has 4 nitrogen and oxygen atoms in total. The fourth-order valence-corrected chi connectivity index (χ4v) is 1.42. The van der Waals surface area contributed by atoms with E-state index in [4.69, 9.17) is 9.36 Å². The highest BCUT2D eigenvalue weighted by Gasteiger charge is 2.22. The topological polar surface area (TPSA) is 47.6 Å². The average molecular weight is 252 g/mol. The van der Waals surface area contributed by atoms with Gasteiger partial charge >= 0.3 is 0 Å². The number of hydrogen-bond acceptors (Lipinski definition) is 4. The maximum atomic E-state index is 4.87. The highest BCUT2D eigenvalue weighted by Crippen LogP contribution is 2.21. The Labute approximate surface area is 109 Å². The van der Waals surface area contributed by atoms with Crippen LogP contribution in [0.1, 0.15) is 53.7 Å².